The van der Waals surface area contributed by atoms with Gasteiger partial charge in [0.2, 0.25) is 5.60 Å². The van der Waals surface area contributed by atoms with Gasteiger partial charge in [-0.25, -0.2) is 18.9 Å². The lowest BCUT2D eigenvalue weighted by atomic mass is 9.97. The van der Waals surface area contributed by atoms with Gasteiger partial charge in [0.15, 0.2) is 16.8 Å². The van der Waals surface area contributed by atoms with Gasteiger partial charge in [-0.1, -0.05) is 5.16 Å². The van der Waals surface area contributed by atoms with Crippen molar-refractivity contribution >= 4 is 62.3 Å². The van der Waals surface area contributed by atoms with Gasteiger partial charge in [-0.2, -0.15) is 8.42 Å². The van der Waals surface area contributed by atoms with Crippen LogP contribution in [0.15, 0.2) is 10.5 Å². The zero-order valence-electron chi connectivity index (χ0n) is 20.4. The van der Waals surface area contributed by atoms with Gasteiger partial charge in [-0.3, -0.25) is 19.6 Å². The van der Waals surface area contributed by atoms with Crippen LogP contribution in [-0.2, 0) is 34.3 Å². The summed E-state index contributed by atoms with van der Waals surface area (Å²) in [4.78, 5) is 59.3. The number of aliphatic carboxylic acids is 1. The van der Waals surface area contributed by atoms with Gasteiger partial charge in [0, 0.05) is 11.9 Å². The van der Waals surface area contributed by atoms with Crippen molar-refractivity contribution in [1.29, 1.82) is 5.41 Å². The van der Waals surface area contributed by atoms with Crippen LogP contribution < -0.4 is 22.1 Å². The van der Waals surface area contributed by atoms with Crippen molar-refractivity contribution in [3.63, 3.8) is 0 Å². The minimum Gasteiger partial charge on any atom is -0.478 e. The molecule has 3 unspecified atom stereocenters. The molecule has 2 saturated heterocycles. The summed E-state index contributed by atoms with van der Waals surface area (Å²) in [5.74, 6) is -4.12. The molecule has 19 nitrogen and oxygen atoms in total. The monoisotopic (exact) mass is 591 g/mol. The molecule has 39 heavy (non-hydrogen) atoms. The van der Waals surface area contributed by atoms with Gasteiger partial charge in [0.05, 0.1) is 19.1 Å². The predicted molar refractivity (Wildman–Crippen MR) is 132 cm³/mol. The number of carbonyl (C=O) groups is 4. The number of nitrogens with one attached hydrogen (secondary N) is 3. The molecule has 3 amide bonds. The number of oxime groups is 1. The van der Waals surface area contributed by atoms with Crippen LogP contribution in [0.2, 0.25) is 0 Å². The van der Waals surface area contributed by atoms with Crippen molar-refractivity contribution in [1.82, 2.24) is 24.8 Å². The van der Waals surface area contributed by atoms with E-state index in [0.717, 1.165) is 30.1 Å². The van der Waals surface area contributed by atoms with E-state index < -0.39 is 70.2 Å². The van der Waals surface area contributed by atoms with E-state index in [4.69, 9.17) is 26.5 Å². The Morgan fingerprint density at radius 2 is 2.08 bits per heavy atom. The molecule has 0 spiro atoms. The number of amides is 3. The maximum absolute atomic E-state index is 13.1. The third kappa shape index (κ3) is 6.61. The van der Waals surface area contributed by atoms with Gasteiger partial charge < -0.3 is 41.7 Å². The number of hydrogen-bond acceptors (Lipinski definition) is 13. The van der Waals surface area contributed by atoms with E-state index in [-0.39, 0.29) is 34.2 Å². The van der Waals surface area contributed by atoms with Gasteiger partial charge in [0.1, 0.15) is 17.8 Å². The second-order valence-electron chi connectivity index (χ2n) is 8.75. The van der Waals surface area contributed by atoms with Crippen LogP contribution in [0, 0.1) is 5.41 Å². The van der Waals surface area contributed by atoms with Crippen molar-refractivity contribution < 1.29 is 46.8 Å². The largest absolute Gasteiger partial charge is 0.478 e. The van der Waals surface area contributed by atoms with E-state index in [9.17, 15) is 37.3 Å². The molecule has 214 valence electrons. The number of ether oxygens (including phenoxy) is 1. The van der Waals surface area contributed by atoms with Crippen molar-refractivity contribution in [3.8, 4) is 0 Å². The lowest BCUT2D eigenvalue weighted by Crippen LogP contribution is -2.74. The summed E-state index contributed by atoms with van der Waals surface area (Å²) in [7, 11) is -5.09. The number of rotatable bonds is 11. The van der Waals surface area contributed by atoms with Gasteiger partial charge in [0.25, 0.3) is 11.8 Å². The van der Waals surface area contributed by atoms with Crippen LogP contribution in [0.3, 0.4) is 0 Å². The van der Waals surface area contributed by atoms with Gasteiger partial charge in [-0.05, 0) is 13.8 Å². The molecule has 1 aromatic rings. The zero-order chi connectivity index (χ0) is 29.3. The molecule has 0 saturated carbocycles. The van der Waals surface area contributed by atoms with E-state index in [1.807, 2.05) is 0 Å². The number of thiazole rings is 1. The second kappa shape index (κ2) is 10.9. The lowest BCUT2D eigenvalue weighted by molar-refractivity contribution is -0.161. The Morgan fingerprint density at radius 3 is 2.62 bits per heavy atom. The smallest absolute Gasteiger partial charge is 0.410 e. The van der Waals surface area contributed by atoms with Crippen LogP contribution >= 0.6 is 11.3 Å². The number of carboxylic acids is 1. The Labute approximate surface area is 224 Å². The standard InChI is InChI=1S/C18H25N9O10S2/c1-18(2,14(30)31)37-25-10(8-6-38-16(21)23-8)12(28)24-11-9(27(13(11)29)39(33,34)35)5-26-4-7(36-17(26)32)3-22-15(19)20/h6-7,9,11H,3-5H2,1-2H3,(H2,21,23)(H,24,28)(H,30,31)(H4,19,20,22)(H,33,34,35)/b25-10-. The SMILES string of the molecule is CC(C)(O/N=C(\C(=O)NC1C(=O)N(S(=O)(=O)O)C1CN1CC(CNC(=N)N)OC1=O)c1csc(N)n1)C(=O)O. The summed E-state index contributed by atoms with van der Waals surface area (Å²) >= 11 is 0.923. The maximum Gasteiger partial charge on any atom is 0.410 e. The highest BCUT2D eigenvalue weighted by atomic mass is 32.2. The van der Waals surface area contributed by atoms with Crippen LogP contribution in [-0.4, -0.2) is 111 Å². The number of hydrogen-bond donors (Lipinski definition) is 7. The zero-order valence-corrected chi connectivity index (χ0v) is 22.0. The second-order valence-corrected chi connectivity index (χ2v) is 10.9. The third-order valence-corrected chi connectivity index (χ3v) is 7.06. The molecule has 1 aromatic heterocycles. The first-order chi connectivity index (χ1) is 18.0. The summed E-state index contributed by atoms with van der Waals surface area (Å²) in [6.45, 7) is 1.73. The highest BCUT2D eigenvalue weighted by Gasteiger charge is 2.55. The Kier molecular flexibility index (Phi) is 8.16. The number of cyclic esters (lactones) is 1. The van der Waals surface area contributed by atoms with E-state index >= 15 is 0 Å². The number of nitrogens with zero attached hydrogens (tertiary/aromatic N) is 4. The molecule has 9 N–H and O–H groups in total. The molecule has 0 radical (unpaired) electrons. The average molecular weight is 592 g/mol. The van der Waals surface area contributed by atoms with Crippen molar-refractivity contribution in [2.45, 2.75) is 37.6 Å². The fourth-order valence-corrected chi connectivity index (χ4v) is 4.85. The van der Waals surface area contributed by atoms with Crippen LogP contribution in [0.25, 0.3) is 0 Å². The molecule has 2 fully saturated rings. The normalized spacial score (nSPS) is 21.7. The van der Waals surface area contributed by atoms with Gasteiger partial charge in [-0.15, -0.1) is 11.3 Å². The molecule has 3 rings (SSSR count). The number of guanidine groups is 1. The molecule has 0 bridgehead atoms. The van der Waals surface area contributed by atoms with Crippen LogP contribution in [0.5, 0.6) is 0 Å². The summed E-state index contributed by atoms with van der Waals surface area (Å²) in [6.07, 6.45) is -1.65. The van der Waals surface area contributed by atoms with E-state index in [2.05, 4.69) is 20.8 Å². The fraction of sp³-hybridized carbons (Fsp3) is 0.500. The van der Waals surface area contributed by atoms with Gasteiger partial charge >= 0.3 is 22.4 Å². The maximum atomic E-state index is 13.1. The molecular formula is C18H25N9O10S2. The van der Waals surface area contributed by atoms with Crippen LogP contribution in [0.4, 0.5) is 9.93 Å². The molecule has 3 heterocycles. The summed E-state index contributed by atoms with van der Waals surface area (Å²) < 4.78 is 38.4. The number of β-lactam (4-membered cyclic amide) rings is 1. The minimum absolute atomic E-state index is 0.0212. The van der Waals surface area contributed by atoms with E-state index in [1.165, 1.54) is 5.38 Å². The number of nitrogen functional groups attached to an aromatic ring is 1. The third-order valence-electron chi connectivity index (χ3n) is 5.44. The first kappa shape index (κ1) is 29.3. The predicted octanol–water partition coefficient (Wildman–Crippen LogP) is -2.89. The Hall–Kier alpha value is -4.24. The van der Waals surface area contributed by atoms with Crippen molar-refractivity contribution in [2.75, 3.05) is 25.4 Å². The Bertz CT molecular complexity index is 1330. The van der Waals surface area contributed by atoms with Crippen molar-refractivity contribution in [3.05, 3.63) is 11.1 Å². The molecule has 2 aliphatic rings. The highest BCUT2D eigenvalue weighted by Crippen LogP contribution is 2.27. The first-order valence-electron chi connectivity index (χ1n) is 10.9. The molecular weight excluding hydrogens is 566 g/mol. The molecule has 2 aliphatic heterocycles. The molecule has 21 heteroatoms. The van der Waals surface area contributed by atoms with Crippen LogP contribution in [0.1, 0.15) is 19.5 Å². The van der Waals surface area contributed by atoms with Crippen molar-refractivity contribution in [2.24, 2.45) is 10.9 Å². The Balaban J connectivity index is 1.83. The van der Waals surface area contributed by atoms with E-state index in [0.29, 0.717) is 0 Å². The summed E-state index contributed by atoms with van der Waals surface area (Å²) in [6, 6.07) is -3.03. The summed E-state index contributed by atoms with van der Waals surface area (Å²) in [5, 5.41) is 26.1. The average Bonchev–Trinajstić information content (AvgIpc) is 3.39. The first-order valence-corrected chi connectivity index (χ1v) is 13.1. The topological polar surface area (TPSA) is 293 Å². The number of carboxylic acid groups (broad SMARTS) is 1. The number of carbonyl (C=O) groups excluding carboxylic acids is 3. The quantitative estimate of drug-likeness (QED) is 0.0447. The summed E-state index contributed by atoms with van der Waals surface area (Å²) in [5.41, 5.74) is 8.24. The lowest BCUT2D eigenvalue weighted by Gasteiger charge is -2.45. The number of aromatic nitrogens is 1. The number of anilines is 1. The fourth-order valence-electron chi connectivity index (χ4n) is 3.43. The minimum atomic E-state index is -5.09. The highest BCUT2D eigenvalue weighted by molar-refractivity contribution is 7.84. The molecule has 3 atom stereocenters. The van der Waals surface area contributed by atoms with E-state index in [1.54, 1.807) is 0 Å². The Morgan fingerprint density at radius 1 is 1.41 bits per heavy atom. The molecule has 0 aromatic carbocycles. The molecule has 0 aliphatic carbocycles. The number of nitrogens with two attached hydrogens (primary N) is 2.